The van der Waals surface area contributed by atoms with Crippen LogP contribution in [-0.4, -0.2) is 51.4 Å². The van der Waals surface area contributed by atoms with E-state index >= 15 is 0 Å². The van der Waals surface area contributed by atoms with Crippen LogP contribution in [0.3, 0.4) is 0 Å². The second kappa shape index (κ2) is 8.24. The van der Waals surface area contributed by atoms with Crippen molar-refractivity contribution in [3.63, 3.8) is 0 Å². The van der Waals surface area contributed by atoms with E-state index in [4.69, 9.17) is 11.6 Å². The second-order valence-electron chi connectivity index (χ2n) is 4.66. The van der Waals surface area contributed by atoms with Crippen LogP contribution in [0.2, 0.25) is 5.02 Å². The summed E-state index contributed by atoms with van der Waals surface area (Å²) in [5.74, 6) is 0.895. The molecule has 1 aromatic rings. The molecule has 0 amide bonds. The average Bonchev–Trinajstić information content (AvgIpc) is 2.46. The molecular formula is C14H22ClN3O2S. The first-order chi connectivity index (χ1) is 9.89. The lowest BCUT2D eigenvalue weighted by molar-refractivity contribution is 0.479. The minimum atomic E-state index is -2.97. The molecule has 0 aliphatic rings. The predicted octanol–water partition coefficient (Wildman–Crippen LogP) is 1.78. The van der Waals surface area contributed by atoms with E-state index in [0.29, 0.717) is 24.1 Å². The lowest BCUT2D eigenvalue weighted by atomic mass is 10.2. The summed E-state index contributed by atoms with van der Waals surface area (Å²) < 4.78 is 22.9. The first-order valence-electron chi connectivity index (χ1n) is 6.75. The Hall–Kier alpha value is -1.27. The fraction of sp³-hybridized carbons (Fsp3) is 0.500. The summed E-state index contributed by atoms with van der Waals surface area (Å²) in [5, 5.41) is 3.76. The number of nitrogens with one attached hydrogen (secondary N) is 1. The SMILES string of the molecule is CCS(=O)(=O)CCNC(=NC)N(C)Cc1ccccc1Cl. The van der Waals surface area contributed by atoms with Crippen molar-refractivity contribution in [1.82, 2.24) is 10.2 Å². The summed E-state index contributed by atoms with van der Waals surface area (Å²) in [7, 11) is 0.577. The van der Waals surface area contributed by atoms with Crippen LogP contribution in [-0.2, 0) is 16.4 Å². The van der Waals surface area contributed by atoms with Crippen LogP contribution in [0.25, 0.3) is 0 Å². The summed E-state index contributed by atoms with van der Waals surface area (Å²) in [6, 6.07) is 7.61. The number of sulfone groups is 1. The number of hydrogen-bond donors (Lipinski definition) is 1. The molecular weight excluding hydrogens is 310 g/mol. The van der Waals surface area contributed by atoms with Gasteiger partial charge in [-0.05, 0) is 11.6 Å². The zero-order valence-electron chi connectivity index (χ0n) is 12.6. The highest BCUT2D eigenvalue weighted by Gasteiger charge is 2.11. The minimum absolute atomic E-state index is 0.0997. The number of nitrogens with zero attached hydrogens (tertiary/aromatic N) is 2. The molecule has 21 heavy (non-hydrogen) atoms. The first-order valence-corrected chi connectivity index (χ1v) is 8.95. The largest absolute Gasteiger partial charge is 0.355 e. The Kier molecular flexibility index (Phi) is 6.98. The number of aliphatic imine (C=N–C) groups is 1. The van der Waals surface area contributed by atoms with Gasteiger partial charge in [0.15, 0.2) is 15.8 Å². The van der Waals surface area contributed by atoms with Crippen molar-refractivity contribution in [1.29, 1.82) is 0 Å². The smallest absolute Gasteiger partial charge is 0.193 e. The molecule has 0 heterocycles. The van der Waals surface area contributed by atoms with E-state index in [1.807, 2.05) is 36.2 Å². The van der Waals surface area contributed by atoms with Gasteiger partial charge in [-0.1, -0.05) is 36.7 Å². The first kappa shape index (κ1) is 17.8. The number of rotatable bonds is 6. The summed E-state index contributed by atoms with van der Waals surface area (Å²) in [6.45, 7) is 2.59. The number of benzene rings is 1. The van der Waals surface area contributed by atoms with Crippen LogP contribution < -0.4 is 5.32 Å². The van der Waals surface area contributed by atoms with Crippen molar-refractivity contribution in [3.05, 3.63) is 34.9 Å². The molecule has 1 aromatic carbocycles. The van der Waals surface area contributed by atoms with Crippen molar-refractivity contribution in [3.8, 4) is 0 Å². The third kappa shape index (κ3) is 5.93. The highest BCUT2D eigenvalue weighted by Crippen LogP contribution is 2.16. The molecule has 0 spiro atoms. The normalized spacial score (nSPS) is 12.3. The fourth-order valence-electron chi connectivity index (χ4n) is 1.80. The maximum absolute atomic E-state index is 11.5. The Balaban J connectivity index is 2.59. The van der Waals surface area contributed by atoms with E-state index in [-0.39, 0.29) is 11.5 Å². The van der Waals surface area contributed by atoms with Gasteiger partial charge in [0.05, 0.1) is 5.75 Å². The van der Waals surface area contributed by atoms with Crippen LogP contribution in [0.15, 0.2) is 29.3 Å². The molecule has 0 unspecified atom stereocenters. The van der Waals surface area contributed by atoms with Crippen molar-refractivity contribution < 1.29 is 8.42 Å². The third-order valence-corrected chi connectivity index (χ3v) is 5.15. The highest BCUT2D eigenvalue weighted by molar-refractivity contribution is 7.91. The maximum Gasteiger partial charge on any atom is 0.193 e. The number of guanidine groups is 1. The Labute approximate surface area is 131 Å². The third-order valence-electron chi connectivity index (χ3n) is 3.07. The van der Waals surface area contributed by atoms with Gasteiger partial charge in [0.1, 0.15) is 0 Å². The molecule has 0 aromatic heterocycles. The number of hydrogen-bond acceptors (Lipinski definition) is 3. The van der Waals surface area contributed by atoms with Crippen LogP contribution >= 0.6 is 11.6 Å². The Bertz CT molecular complexity index is 588. The van der Waals surface area contributed by atoms with Crippen molar-refractivity contribution >= 4 is 27.4 Å². The maximum atomic E-state index is 11.5. The van der Waals surface area contributed by atoms with E-state index in [9.17, 15) is 8.42 Å². The lowest BCUT2D eigenvalue weighted by Gasteiger charge is -2.22. The summed E-state index contributed by atoms with van der Waals surface area (Å²) in [4.78, 5) is 6.06. The standard InChI is InChI=1S/C14H22ClN3O2S/c1-4-21(19,20)10-9-17-14(16-2)18(3)11-12-7-5-6-8-13(12)15/h5-8H,4,9-11H2,1-3H3,(H,16,17). The average molecular weight is 332 g/mol. The van der Waals surface area contributed by atoms with Gasteiger partial charge in [-0.3, -0.25) is 4.99 Å². The van der Waals surface area contributed by atoms with Gasteiger partial charge >= 0.3 is 0 Å². The quantitative estimate of drug-likeness (QED) is 0.637. The lowest BCUT2D eigenvalue weighted by Crippen LogP contribution is -2.40. The summed E-state index contributed by atoms with van der Waals surface area (Å²) >= 11 is 6.13. The Morgan fingerprint density at radius 2 is 2.05 bits per heavy atom. The van der Waals surface area contributed by atoms with Gasteiger partial charge in [-0.15, -0.1) is 0 Å². The molecule has 0 bridgehead atoms. The van der Waals surface area contributed by atoms with Gasteiger partial charge in [0, 0.05) is 38.0 Å². The molecule has 1 rings (SSSR count). The van der Waals surface area contributed by atoms with Crippen LogP contribution in [0.5, 0.6) is 0 Å². The molecule has 0 radical (unpaired) electrons. The molecule has 1 N–H and O–H groups in total. The van der Waals surface area contributed by atoms with E-state index < -0.39 is 9.84 Å². The second-order valence-corrected chi connectivity index (χ2v) is 7.54. The Morgan fingerprint density at radius 3 is 2.62 bits per heavy atom. The van der Waals surface area contributed by atoms with E-state index in [2.05, 4.69) is 10.3 Å². The molecule has 0 saturated carbocycles. The molecule has 0 fully saturated rings. The van der Waals surface area contributed by atoms with Gasteiger partial charge in [0.25, 0.3) is 0 Å². The number of halogens is 1. The molecule has 0 aliphatic carbocycles. The highest BCUT2D eigenvalue weighted by atomic mass is 35.5. The molecule has 0 atom stereocenters. The molecule has 5 nitrogen and oxygen atoms in total. The van der Waals surface area contributed by atoms with Gasteiger partial charge in [0.2, 0.25) is 0 Å². The minimum Gasteiger partial charge on any atom is -0.355 e. The monoisotopic (exact) mass is 331 g/mol. The van der Waals surface area contributed by atoms with Gasteiger partial charge in [-0.25, -0.2) is 8.42 Å². The van der Waals surface area contributed by atoms with E-state index in [0.717, 1.165) is 5.56 Å². The molecule has 7 heteroatoms. The zero-order valence-corrected chi connectivity index (χ0v) is 14.2. The predicted molar refractivity (Wildman–Crippen MR) is 88.6 cm³/mol. The van der Waals surface area contributed by atoms with Crippen molar-refractivity contribution in [2.45, 2.75) is 13.5 Å². The van der Waals surface area contributed by atoms with Crippen molar-refractivity contribution in [2.75, 3.05) is 32.1 Å². The summed E-state index contributed by atoms with van der Waals surface area (Å²) in [6.07, 6.45) is 0. The summed E-state index contributed by atoms with van der Waals surface area (Å²) in [5.41, 5.74) is 0.991. The van der Waals surface area contributed by atoms with Gasteiger partial charge in [-0.2, -0.15) is 0 Å². The van der Waals surface area contributed by atoms with Crippen molar-refractivity contribution in [2.24, 2.45) is 4.99 Å². The van der Waals surface area contributed by atoms with Gasteiger partial charge < -0.3 is 10.2 Å². The van der Waals surface area contributed by atoms with Crippen LogP contribution in [0, 0.1) is 0 Å². The molecule has 0 saturated heterocycles. The van der Waals surface area contributed by atoms with E-state index in [1.165, 1.54) is 0 Å². The Morgan fingerprint density at radius 1 is 1.38 bits per heavy atom. The molecule has 0 aliphatic heterocycles. The topological polar surface area (TPSA) is 61.8 Å². The van der Waals surface area contributed by atoms with E-state index in [1.54, 1.807) is 14.0 Å². The van der Waals surface area contributed by atoms with Crippen LogP contribution in [0.1, 0.15) is 12.5 Å². The van der Waals surface area contributed by atoms with Crippen LogP contribution in [0.4, 0.5) is 0 Å². The zero-order chi connectivity index (χ0) is 15.9. The fourth-order valence-corrected chi connectivity index (χ4v) is 2.70. The molecule has 118 valence electrons.